The van der Waals surface area contributed by atoms with E-state index in [1.165, 1.54) is 36.7 Å². The number of carbonyl (C=O) groups excluding carboxylic acids is 2. The molecule has 1 aliphatic heterocycles. The summed E-state index contributed by atoms with van der Waals surface area (Å²) in [7, 11) is 0. The van der Waals surface area contributed by atoms with Gasteiger partial charge in [-0.25, -0.2) is 4.90 Å². The fourth-order valence-electron chi connectivity index (χ4n) is 3.79. The number of hydrogen-bond donors (Lipinski definition) is 0. The first-order valence-electron chi connectivity index (χ1n) is 10.7. The first kappa shape index (κ1) is 24.9. The van der Waals surface area contributed by atoms with Crippen molar-refractivity contribution in [3.05, 3.63) is 94.8 Å². The molecule has 0 fully saturated rings. The maximum absolute atomic E-state index is 13.6. The number of aromatic nitrogens is 1. The van der Waals surface area contributed by atoms with Gasteiger partial charge in [-0.15, -0.1) is 0 Å². The summed E-state index contributed by atoms with van der Waals surface area (Å²) >= 11 is 6.20. The molecular weight excluding hydrogens is 495 g/mol. The van der Waals surface area contributed by atoms with E-state index in [1.807, 2.05) is 6.07 Å². The Hall–Kier alpha value is -4.16. The van der Waals surface area contributed by atoms with Gasteiger partial charge in [-0.2, -0.15) is 18.4 Å². The van der Waals surface area contributed by atoms with Crippen molar-refractivity contribution in [3.8, 4) is 11.8 Å². The summed E-state index contributed by atoms with van der Waals surface area (Å²) in [5.74, 6) is -2.26. The van der Waals surface area contributed by atoms with Crippen LogP contribution in [0.4, 0.5) is 18.9 Å². The van der Waals surface area contributed by atoms with Gasteiger partial charge in [-0.3, -0.25) is 14.6 Å². The number of nitrogens with zero attached hydrogens (tertiary/aromatic N) is 3. The smallest absolute Gasteiger partial charge is 0.392 e. The largest absolute Gasteiger partial charge is 0.493 e. The highest BCUT2D eigenvalue weighted by atomic mass is 35.5. The number of pyridine rings is 1. The molecule has 0 N–H and O–H groups in total. The van der Waals surface area contributed by atoms with E-state index in [4.69, 9.17) is 16.3 Å². The Labute approximate surface area is 209 Å². The lowest BCUT2D eigenvalue weighted by Gasteiger charge is -2.30. The van der Waals surface area contributed by atoms with Gasteiger partial charge in [0.15, 0.2) is 0 Å². The number of imide groups is 1. The van der Waals surface area contributed by atoms with Crippen LogP contribution < -0.4 is 9.64 Å². The second-order valence-electron chi connectivity index (χ2n) is 7.84. The van der Waals surface area contributed by atoms with Gasteiger partial charge < -0.3 is 4.74 Å². The van der Waals surface area contributed by atoms with Crippen LogP contribution in [0.1, 0.15) is 29.0 Å². The maximum atomic E-state index is 13.6. The van der Waals surface area contributed by atoms with Crippen LogP contribution in [0.25, 0.3) is 5.57 Å². The summed E-state index contributed by atoms with van der Waals surface area (Å²) in [6.45, 7) is -0.626. The molecule has 1 aliphatic rings. The lowest BCUT2D eigenvalue weighted by atomic mass is 9.87. The second-order valence-corrected chi connectivity index (χ2v) is 8.28. The van der Waals surface area contributed by atoms with E-state index in [-0.39, 0.29) is 27.6 Å². The molecule has 0 bridgehead atoms. The SMILES string of the molecule is N#Cc1ccccc1C1=CC(c2cc(Cl)cc(OCCC(F)(F)F)c2)C(=O)N(c2cccnc2)C1=O. The van der Waals surface area contributed by atoms with E-state index in [2.05, 4.69) is 4.98 Å². The molecule has 4 rings (SSSR count). The van der Waals surface area contributed by atoms with Crippen molar-refractivity contribution in [2.75, 3.05) is 11.5 Å². The second kappa shape index (κ2) is 10.2. The number of amides is 2. The standard InChI is InChI=1S/C26H17ClF3N3O3/c27-18-10-17(11-20(12-18)36-9-7-26(28,29)30)22-13-23(21-6-2-1-4-16(21)14-31)25(35)33(24(22)34)19-5-3-8-32-15-19/h1-6,8,10-13,15,22H,7,9H2. The van der Waals surface area contributed by atoms with Gasteiger partial charge in [-0.05, 0) is 42.0 Å². The molecule has 0 aliphatic carbocycles. The molecule has 1 atom stereocenters. The number of ether oxygens (including phenoxy) is 1. The van der Waals surface area contributed by atoms with Crippen LogP contribution in [0.2, 0.25) is 5.02 Å². The quantitative estimate of drug-likeness (QED) is 0.398. The molecule has 3 aromatic rings. The fourth-order valence-corrected chi connectivity index (χ4v) is 4.02. The van der Waals surface area contributed by atoms with Crippen LogP contribution in [0, 0.1) is 11.3 Å². The number of alkyl halides is 3. The van der Waals surface area contributed by atoms with E-state index in [0.29, 0.717) is 11.1 Å². The summed E-state index contributed by atoms with van der Waals surface area (Å²) in [5, 5.41) is 9.71. The molecule has 10 heteroatoms. The molecular formula is C26H17ClF3N3O3. The predicted octanol–water partition coefficient (Wildman–Crippen LogP) is 5.68. The number of halogens is 4. The number of nitriles is 1. The Morgan fingerprint density at radius 2 is 1.89 bits per heavy atom. The molecule has 0 saturated carbocycles. The summed E-state index contributed by atoms with van der Waals surface area (Å²) in [6, 6.07) is 15.8. The van der Waals surface area contributed by atoms with E-state index < -0.39 is 36.9 Å². The summed E-state index contributed by atoms with van der Waals surface area (Å²) in [4.78, 5) is 32.0. The van der Waals surface area contributed by atoms with Crippen LogP contribution >= 0.6 is 11.6 Å². The molecule has 0 spiro atoms. The highest BCUT2D eigenvalue weighted by Gasteiger charge is 2.38. The third-order valence-electron chi connectivity index (χ3n) is 5.40. The van der Waals surface area contributed by atoms with Crippen molar-refractivity contribution in [2.24, 2.45) is 0 Å². The van der Waals surface area contributed by atoms with Gasteiger partial charge in [0.05, 0.1) is 42.5 Å². The normalized spacial score (nSPS) is 15.9. The number of benzene rings is 2. The zero-order valence-corrected chi connectivity index (χ0v) is 19.3. The predicted molar refractivity (Wildman–Crippen MR) is 126 cm³/mol. The van der Waals surface area contributed by atoms with Crippen molar-refractivity contribution in [3.63, 3.8) is 0 Å². The highest BCUT2D eigenvalue weighted by Crippen LogP contribution is 2.37. The summed E-state index contributed by atoms with van der Waals surface area (Å²) in [5.41, 5.74) is 1.21. The summed E-state index contributed by atoms with van der Waals surface area (Å²) in [6.07, 6.45) is -1.27. The minimum Gasteiger partial charge on any atom is -0.493 e. The molecule has 1 unspecified atom stereocenters. The van der Waals surface area contributed by atoms with Crippen LogP contribution in [0.3, 0.4) is 0 Å². The van der Waals surface area contributed by atoms with Crippen molar-refractivity contribution in [2.45, 2.75) is 18.5 Å². The number of anilines is 1. The van der Waals surface area contributed by atoms with Crippen LogP contribution in [-0.4, -0.2) is 29.6 Å². The Kier molecular flexibility index (Phi) is 7.08. The minimum atomic E-state index is -4.39. The lowest BCUT2D eigenvalue weighted by molar-refractivity contribution is -0.139. The molecule has 0 radical (unpaired) electrons. The lowest BCUT2D eigenvalue weighted by Crippen LogP contribution is -2.43. The van der Waals surface area contributed by atoms with E-state index in [1.54, 1.807) is 36.4 Å². The number of rotatable bonds is 6. The first-order valence-corrected chi connectivity index (χ1v) is 11.1. The maximum Gasteiger partial charge on any atom is 0.392 e. The van der Waals surface area contributed by atoms with Crippen LogP contribution in [0.15, 0.2) is 73.1 Å². The number of carbonyl (C=O) groups is 2. The Balaban J connectivity index is 1.81. The third kappa shape index (κ3) is 5.39. The van der Waals surface area contributed by atoms with Crippen molar-refractivity contribution in [1.82, 2.24) is 4.98 Å². The van der Waals surface area contributed by atoms with Crippen LogP contribution in [-0.2, 0) is 9.59 Å². The monoisotopic (exact) mass is 511 g/mol. The molecule has 36 heavy (non-hydrogen) atoms. The van der Waals surface area contributed by atoms with Gasteiger partial charge in [-0.1, -0.05) is 35.9 Å². The minimum absolute atomic E-state index is 0.0479. The van der Waals surface area contributed by atoms with Crippen LogP contribution in [0.5, 0.6) is 5.75 Å². The van der Waals surface area contributed by atoms with Crippen molar-refractivity contribution in [1.29, 1.82) is 5.26 Å². The molecule has 2 heterocycles. The van der Waals surface area contributed by atoms with Gasteiger partial charge in [0.1, 0.15) is 5.75 Å². The van der Waals surface area contributed by atoms with E-state index >= 15 is 0 Å². The number of hydrogen-bond acceptors (Lipinski definition) is 5. The molecule has 0 saturated heterocycles. The topological polar surface area (TPSA) is 83.3 Å². The average molecular weight is 512 g/mol. The van der Waals surface area contributed by atoms with Gasteiger partial charge in [0.25, 0.3) is 5.91 Å². The zero-order valence-electron chi connectivity index (χ0n) is 18.5. The Bertz CT molecular complexity index is 1380. The van der Waals surface area contributed by atoms with E-state index in [0.717, 1.165) is 4.90 Å². The fraction of sp³-hybridized carbons (Fsp3) is 0.154. The van der Waals surface area contributed by atoms with E-state index in [9.17, 15) is 28.0 Å². The zero-order chi connectivity index (χ0) is 25.9. The molecule has 2 aromatic carbocycles. The van der Waals surface area contributed by atoms with Gasteiger partial charge in [0.2, 0.25) is 5.91 Å². The van der Waals surface area contributed by atoms with Crippen molar-refractivity contribution < 1.29 is 27.5 Å². The first-order chi connectivity index (χ1) is 17.2. The van der Waals surface area contributed by atoms with Crippen molar-refractivity contribution >= 4 is 34.7 Å². The average Bonchev–Trinajstić information content (AvgIpc) is 2.84. The molecule has 182 valence electrons. The van der Waals surface area contributed by atoms with Gasteiger partial charge in [0, 0.05) is 22.4 Å². The Morgan fingerprint density at radius 3 is 2.58 bits per heavy atom. The summed E-state index contributed by atoms with van der Waals surface area (Å²) < 4.78 is 42.9. The molecule has 2 amide bonds. The van der Waals surface area contributed by atoms with Gasteiger partial charge >= 0.3 is 6.18 Å². The molecule has 6 nitrogen and oxygen atoms in total. The molecule has 1 aromatic heterocycles. The third-order valence-corrected chi connectivity index (χ3v) is 5.62. The Morgan fingerprint density at radius 1 is 1.11 bits per heavy atom. The highest BCUT2D eigenvalue weighted by molar-refractivity contribution is 6.38.